The van der Waals surface area contributed by atoms with E-state index in [0.29, 0.717) is 17.5 Å². The van der Waals surface area contributed by atoms with Gasteiger partial charge in [0.2, 0.25) is 5.29 Å². The van der Waals surface area contributed by atoms with Crippen molar-refractivity contribution >= 4 is 45.1 Å². The molecule has 166 valence electrons. The van der Waals surface area contributed by atoms with Crippen LogP contribution in [0.4, 0.5) is 0 Å². The van der Waals surface area contributed by atoms with E-state index in [0.717, 1.165) is 17.8 Å². The van der Waals surface area contributed by atoms with Crippen LogP contribution >= 0.6 is 23.2 Å². The third-order valence-corrected chi connectivity index (χ3v) is 6.60. The lowest BCUT2D eigenvalue weighted by atomic mass is 9.99. The van der Waals surface area contributed by atoms with Crippen LogP contribution in [-0.2, 0) is 6.54 Å². The number of halogens is 2. The van der Waals surface area contributed by atoms with Gasteiger partial charge in [0.1, 0.15) is 5.16 Å². The minimum Gasteiger partial charge on any atom is -0.347 e. The molecule has 0 bridgehead atoms. The number of unbranched alkanes of at least 4 members (excludes halogenated alkanes) is 1. The average molecular weight is 466 g/mol. The van der Waals surface area contributed by atoms with Gasteiger partial charge in [0.25, 0.3) is 0 Å². The first-order valence-electron chi connectivity index (χ1n) is 11.4. The number of aromatic nitrogens is 1. The predicted octanol–water partition coefficient (Wildman–Crippen LogP) is 8.39. The minimum absolute atomic E-state index is 0.174. The van der Waals surface area contributed by atoms with Crippen LogP contribution in [-0.4, -0.2) is 15.6 Å². The van der Waals surface area contributed by atoms with Crippen LogP contribution in [0.2, 0.25) is 0 Å². The first kappa shape index (κ1) is 22.8. The summed E-state index contributed by atoms with van der Waals surface area (Å²) in [5.74, 6) is 0.655. The quantitative estimate of drug-likeness (QED) is 0.299. The van der Waals surface area contributed by atoms with E-state index in [1.54, 1.807) is 0 Å². The van der Waals surface area contributed by atoms with Crippen molar-refractivity contribution in [3.8, 4) is 11.1 Å². The summed E-state index contributed by atoms with van der Waals surface area (Å²) in [6, 6.07) is 17.2. The molecule has 1 unspecified atom stereocenters. The molecule has 32 heavy (non-hydrogen) atoms. The Kier molecular flexibility index (Phi) is 7.49. The maximum Gasteiger partial charge on any atom is 0.224 e. The maximum absolute atomic E-state index is 6.24. The summed E-state index contributed by atoms with van der Waals surface area (Å²) in [5.41, 5.74) is 5.61. The first-order valence-corrected chi connectivity index (χ1v) is 12.2. The van der Waals surface area contributed by atoms with Crippen LogP contribution in [0.1, 0.15) is 51.5 Å². The molecule has 1 aliphatic rings. The molecule has 2 aromatic carbocycles. The molecule has 0 amide bonds. The lowest BCUT2D eigenvalue weighted by molar-refractivity contribution is 0.396. The van der Waals surface area contributed by atoms with Crippen molar-refractivity contribution in [1.82, 2.24) is 4.57 Å². The van der Waals surface area contributed by atoms with Crippen molar-refractivity contribution in [3.05, 3.63) is 71.5 Å². The van der Waals surface area contributed by atoms with E-state index >= 15 is 0 Å². The van der Waals surface area contributed by atoms with Crippen LogP contribution in [0.5, 0.6) is 0 Å². The van der Waals surface area contributed by atoms with E-state index in [4.69, 9.17) is 23.2 Å². The summed E-state index contributed by atoms with van der Waals surface area (Å²) in [7, 11) is 0. The number of allylic oxidation sites excluding steroid dienone is 1. The van der Waals surface area contributed by atoms with Gasteiger partial charge in [-0.2, -0.15) is 0 Å². The summed E-state index contributed by atoms with van der Waals surface area (Å²) in [6.07, 6.45) is 9.64. The zero-order chi connectivity index (χ0) is 22.5. The molecule has 0 aliphatic carbocycles. The van der Waals surface area contributed by atoms with E-state index in [2.05, 4.69) is 77.1 Å². The third-order valence-electron chi connectivity index (χ3n) is 6.19. The summed E-state index contributed by atoms with van der Waals surface area (Å²) in [4.78, 5) is 8.71. The monoisotopic (exact) mass is 465 g/mol. The van der Waals surface area contributed by atoms with E-state index in [1.165, 1.54) is 47.7 Å². The van der Waals surface area contributed by atoms with Gasteiger partial charge in [-0.15, -0.1) is 0 Å². The second-order valence-electron chi connectivity index (χ2n) is 8.38. The highest BCUT2D eigenvalue weighted by atomic mass is 35.5. The Hall–Kier alpha value is -2.36. The van der Waals surface area contributed by atoms with Crippen molar-refractivity contribution in [2.75, 3.05) is 0 Å². The number of hydrogen-bond acceptors (Lipinski definition) is 2. The molecule has 0 fully saturated rings. The highest BCUT2D eigenvalue weighted by molar-refractivity contribution is 6.66. The largest absolute Gasteiger partial charge is 0.347 e. The lowest BCUT2D eigenvalue weighted by Gasteiger charge is -2.16. The van der Waals surface area contributed by atoms with Gasteiger partial charge in [-0.05, 0) is 53.3 Å². The average Bonchev–Trinajstić information content (AvgIpc) is 3.07. The number of benzene rings is 2. The molecule has 2 heterocycles. The number of aliphatic imine (C=N–C) groups is 2. The van der Waals surface area contributed by atoms with Gasteiger partial charge in [-0.3, -0.25) is 0 Å². The van der Waals surface area contributed by atoms with Crippen LogP contribution < -0.4 is 0 Å². The van der Waals surface area contributed by atoms with E-state index in [1.807, 2.05) is 12.1 Å². The summed E-state index contributed by atoms with van der Waals surface area (Å²) < 4.78 is 2.40. The number of fused-ring (bicyclic) bond motifs is 1. The first-order chi connectivity index (χ1) is 15.6. The molecular formula is C27H29Cl2N3. The Morgan fingerprint density at radius 2 is 1.81 bits per heavy atom. The second kappa shape index (κ2) is 10.5. The Balaban J connectivity index is 1.82. The Morgan fingerprint density at radius 3 is 2.56 bits per heavy atom. The van der Waals surface area contributed by atoms with Crippen LogP contribution in [0.15, 0.2) is 75.9 Å². The van der Waals surface area contributed by atoms with E-state index in [9.17, 15) is 0 Å². The van der Waals surface area contributed by atoms with Gasteiger partial charge in [0.05, 0.1) is 5.71 Å². The zero-order valence-electron chi connectivity index (χ0n) is 18.7. The maximum atomic E-state index is 6.24. The smallest absolute Gasteiger partial charge is 0.224 e. The molecule has 1 aliphatic heterocycles. The Bertz CT molecular complexity index is 1170. The topological polar surface area (TPSA) is 29.6 Å². The summed E-state index contributed by atoms with van der Waals surface area (Å²) >= 11 is 12.4. The van der Waals surface area contributed by atoms with Crippen molar-refractivity contribution in [2.45, 2.75) is 52.5 Å². The predicted molar refractivity (Wildman–Crippen MR) is 139 cm³/mol. The second-order valence-corrected chi connectivity index (χ2v) is 9.11. The standard InChI is InChI=1S/C27H29Cl2N3/c1-3-5-9-19(4-2)17-32-18-23(24-13-15-26(28)31-27(29)30-24)22-16-21(12-14-25(22)32)20-10-7-6-8-11-20/h6-8,10-12,14-16,18-19H,3-5,9,13,17H2,1-2H3. The van der Waals surface area contributed by atoms with Gasteiger partial charge in [-0.25, -0.2) is 9.98 Å². The van der Waals surface area contributed by atoms with Gasteiger partial charge < -0.3 is 4.57 Å². The summed E-state index contributed by atoms with van der Waals surface area (Å²) in [5, 5.41) is 1.74. The Labute approximate surface area is 200 Å². The van der Waals surface area contributed by atoms with Crippen LogP contribution in [0.3, 0.4) is 0 Å². The lowest BCUT2D eigenvalue weighted by Crippen LogP contribution is -2.09. The van der Waals surface area contributed by atoms with Gasteiger partial charge in [0, 0.05) is 35.6 Å². The number of nitrogens with zero attached hydrogens (tertiary/aromatic N) is 3. The van der Waals surface area contributed by atoms with Gasteiger partial charge >= 0.3 is 0 Å². The fraction of sp³-hybridized carbons (Fsp3) is 0.333. The molecule has 0 radical (unpaired) electrons. The van der Waals surface area contributed by atoms with E-state index in [-0.39, 0.29) is 5.29 Å². The minimum atomic E-state index is 0.174. The highest BCUT2D eigenvalue weighted by Gasteiger charge is 2.18. The van der Waals surface area contributed by atoms with Gasteiger partial charge in [0.15, 0.2) is 0 Å². The molecule has 3 aromatic rings. The Morgan fingerprint density at radius 1 is 1.00 bits per heavy atom. The molecule has 3 nitrogen and oxygen atoms in total. The summed E-state index contributed by atoms with van der Waals surface area (Å²) in [6.45, 7) is 5.55. The van der Waals surface area contributed by atoms with E-state index < -0.39 is 0 Å². The van der Waals surface area contributed by atoms with Crippen molar-refractivity contribution in [2.24, 2.45) is 15.9 Å². The van der Waals surface area contributed by atoms with Crippen molar-refractivity contribution < 1.29 is 0 Å². The fourth-order valence-corrected chi connectivity index (χ4v) is 4.74. The number of hydrogen-bond donors (Lipinski definition) is 0. The fourth-order valence-electron chi connectivity index (χ4n) is 4.35. The third kappa shape index (κ3) is 5.16. The zero-order valence-corrected chi connectivity index (χ0v) is 20.2. The van der Waals surface area contributed by atoms with Crippen LogP contribution in [0, 0.1) is 5.92 Å². The molecule has 5 heteroatoms. The van der Waals surface area contributed by atoms with Crippen molar-refractivity contribution in [3.63, 3.8) is 0 Å². The molecule has 0 saturated carbocycles. The number of rotatable bonds is 8. The molecule has 0 N–H and O–H groups in total. The molecule has 1 atom stereocenters. The van der Waals surface area contributed by atoms with Gasteiger partial charge in [-0.1, -0.05) is 81.1 Å². The van der Waals surface area contributed by atoms with Crippen molar-refractivity contribution in [1.29, 1.82) is 0 Å². The molecule has 1 aromatic heterocycles. The highest BCUT2D eigenvalue weighted by Crippen LogP contribution is 2.31. The molecule has 4 rings (SSSR count). The molecular weight excluding hydrogens is 437 g/mol. The molecule has 0 saturated heterocycles. The molecule has 0 spiro atoms. The van der Waals surface area contributed by atoms with Crippen LogP contribution in [0.25, 0.3) is 22.0 Å². The number of amidine groups is 1. The SMILES string of the molecule is CCCCC(CC)Cn1cc(C2=NC(Cl)=NC(Cl)=CC2)c2cc(-c3ccccc3)ccc21. The normalized spacial score (nSPS) is 15.2.